The average Bonchev–Trinajstić information content (AvgIpc) is 2.15. The van der Waals surface area contributed by atoms with Crippen LogP contribution in [0.4, 0.5) is 4.39 Å². The molecule has 0 bridgehead atoms. The zero-order chi connectivity index (χ0) is 9.97. The Hall–Kier alpha value is -0.680. The monoisotopic (exact) mass is 202 g/mol. The lowest BCUT2D eigenvalue weighted by atomic mass is 9.97. The predicted octanol–water partition coefficient (Wildman–Crippen LogP) is 0.0979. The molecule has 1 N–H and O–H groups in total. The molecule has 2 aliphatic rings. The number of hydrogen-bond acceptors (Lipinski definition) is 3. The number of amides is 1. The number of rotatable bonds is 2. The van der Waals surface area contributed by atoms with Crippen LogP contribution >= 0.6 is 0 Å². The molecule has 14 heavy (non-hydrogen) atoms. The number of carbonyl (C=O) groups is 1. The minimum atomic E-state index is -1.39. The molecule has 1 amide bonds. The summed E-state index contributed by atoms with van der Waals surface area (Å²) < 4.78 is 13.5. The topological polar surface area (TPSA) is 41.6 Å². The maximum absolute atomic E-state index is 13.5. The molecule has 2 fully saturated rings. The van der Waals surface area contributed by atoms with Crippen molar-refractivity contribution in [3.05, 3.63) is 0 Å². The molecule has 0 saturated carbocycles. The minimum Gasteiger partial charge on any atom is -0.316 e. The van der Waals surface area contributed by atoms with Crippen LogP contribution in [0.1, 0.15) is 12.8 Å². The molecule has 0 aliphatic carbocycles. The molecule has 1 unspecified atom stereocenters. The third kappa shape index (κ3) is 1.88. The van der Waals surface area contributed by atoms with E-state index in [4.69, 9.17) is 4.84 Å². The molecule has 0 spiro atoms. The van der Waals surface area contributed by atoms with Crippen LogP contribution in [0.3, 0.4) is 0 Å². The van der Waals surface area contributed by atoms with Gasteiger partial charge in [0.05, 0.1) is 6.61 Å². The summed E-state index contributed by atoms with van der Waals surface area (Å²) in [7, 11) is 0. The van der Waals surface area contributed by atoms with Crippen LogP contribution in [0, 0.1) is 5.92 Å². The quantitative estimate of drug-likeness (QED) is 0.690. The van der Waals surface area contributed by atoms with Crippen LogP contribution in [0.25, 0.3) is 0 Å². The highest BCUT2D eigenvalue weighted by atomic mass is 19.1. The maximum atomic E-state index is 13.5. The normalized spacial score (nSPS) is 25.6. The van der Waals surface area contributed by atoms with E-state index in [-0.39, 0.29) is 5.92 Å². The number of nitrogens with zero attached hydrogens (tertiary/aromatic N) is 1. The number of hydroxylamine groups is 2. The molecule has 2 aliphatic heterocycles. The van der Waals surface area contributed by atoms with E-state index in [2.05, 4.69) is 5.32 Å². The van der Waals surface area contributed by atoms with Crippen molar-refractivity contribution in [1.82, 2.24) is 10.4 Å². The van der Waals surface area contributed by atoms with Gasteiger partial charge in [-0.05, 0) is 12.8 Å². The molecule has 0 aromatic heterocycles. The fourth-order valence-corrected chi connectivity index (χ4v) is 1.63. The molecule has 0 aromatic rings. The fourth-order valence-electron chi connectivity index (χ4n) is 1.63. The van der Waals surface area contributed by atoms with Crippen LogP contribution in [0.5, 0.6) is 0 Å². The van der Waals surface area contributed by atoms with Gasteiger partial charge in [0.15, 0.2) is 6.17 Å². The lowest BCUT2D eigenvalue weighted by Crippen LogP contribution is -2.53. The van der Waals surface area contributed by atoms with Gasteiger partial charge in [0.2, 0.25) is 0 Å². The van der Waals surface area contributed by atoms with Crippen molar-refractivity contribution in [2.24, 2.45) is 5.92 Å². The molecular formula is C9H15FN2O2. The van der Waals surface area contributed by atoms with Gasteiger partial charge in [-0.15, -0.1) is 0 Å². The van der Waals surface area contributed by atoms with E-state index in [9.17, 15) is 9.18 Å². The van der Waals surface area contributed by atoms with E-state index < -0.39 is 12.1 Å². The summed E-state index contributed by atoms with van der Waals surface area (Å²) in [6.45, 7) is 2.25. The van der Waals surface area contributed by atoms with Crippen molar-refractivity contribution in [1.29, 1.82) is 0 Å². The molecular weight excluding hydrogens is 187 g/mol. The molecule has 2 heterocycles. The van der Waals surface area contributed by atoms with Crippen molar-refractivity contribution in [2.75, 3.05) is 26.2 Å². The van der Waals surface area contributed by atoms with Gasteiger partial charge < -0.3 is 5.32 Å². The Morgan fingerprint density at radius 2 is 2.29 bits per heavy atom. The number of carbonyl (C=O) groups excluding carboxylic acids is 1. The van der Waals surface area contributed by atoms with Gasteiger partial charge in [0, 0.05) is 25.6 Å². The highest BCUT2D eigenvalue weighted by Crippen LogP contribution is 2.17. The summed E-state index contributed by atoms with van der Waals surface area (Å²) in [6, 6.07) is 0. The Morgan fingerprint density at radius 3 is 2.79 bits per heavy atom. The van der Waals surface area contributed by atoms with Gasteiger partial charge in [0.25, 0.3) is 5.91 Å². The number of hydrogen-bond donors (Lipinski definition) is 1. The summed E-state index contributed by atoms with van der Waals surface area (Å²) in [5, 5.41) is 4.14. The first-order chi connectivity index (χ1) is 6.79. The first-order valence-corrected chi connectivity index (χ1v) is 5.08. The van der Waals surface area contributed by atoms with E-state index >= 15 is 0 Å². The molecule has 1 atom stereocenters. The minimum absolute atomic E-state index is 0.159. The Labute approximate surface area is 82.4 Å². The van der Waals surface area contributed by atoms with Crippen molar-refractivity contribution in [3.8, 4) is 0 Å². The fraction of sp³-hybridized carbons (Fsp3) is 0.889. The van der Waals surface area contributed by atoms with Gasteiger partial charge in [0.1, 0.15) is 0 Å². The average molecular weight is 202 g/mol. The second kappa shape index (κ2) is 4.23. The van der Waals surface area contributed by atoms with E-state index in [1.54, 1.807) is 0 Å². The summed E-state index contributed by atoms with van der Waals surface area (Å²) >= 11 is 0. The van der Waals surface area contributed by atoms with E-state index in [1.807, 2.05) is 0 Å². The zero-order valence-electron chi connectivity index (χ0n) is 8.04. The summed E-state index contributed by atoms with van der Waals surface area (Å²) in [5.41, 5.74) is 0. The summed E-state index contributed by atoms with van der Waals surface area (Å²) in [5.74, 6) is -0.663. The van der Waals surface area contributed by atoms with Gasteiger partial charge >= 0.3 is 0 Å². The molecule has 0 aromatic carbocycles. The van der Waals surface area contributed by atoms with Crippen molar-refractivity contribution >= 4 is 5.91 Å². The lowest BCUT2D eigenvalue weighted by Gasteiger charge is -2.33. The second-order valence-corrected chi connectivity index (χ2v) is 3.80. The molecule has 2 saturated heterocycles. The maximum Gasteiger partial charge on any atom is 0.281 e. The van der Waals surface area contributed by atoms with Crippen LogP contribution in [0.2, 0.25) is 0 Å². The highest BCUT2D eigenvalue weighted by molar-refractivity contribution is 5.80. The highest BCUT2D eigenvalue weighted by Gasteiger charge is 2.36. The lowest BCUT2D eigenvalue weighted by molar-refractivity contribution is -0.204. The summed E-state index contributed by atoms with van der Waals surface area (Å²) in [6.07, 6.45) is 0.460. The third-order valence-electron chi connectivity index (χ3n) is 2.71. The third-order valence-corrected chi connectivity index (χ3v) is 2.71. The predicted molar refractivity (Wildman–Crippen MR) is 48.2 cm³/mol. The van der Waals surface area contributed by atoms with Gasteiger partial charge in [-0.3, -0.25) is 9.63 Å². The standard InChI is InChI=1S/C9H15FN2O2/c10-8(7-5-11-6-7)9(13)12-3-1-2-4-14-12/h7-8,11H,1-6H2. The Bertz CT molecular complexity index is 211. The van der Waals surface area contributed by atoms with Crippen molar-refractivity contribution < 1.29 is 14.0 Å². The molecule has 4 nitrogen and oxygen atoms in total. The Kier molecular flexibility index (Phi) is 2.98. The van der Waals surface area contributed by atoms with Gasteiger partial charge in [-0.25, -0.2) is 9.45 Å². The molecule has 80 valence electrons. The van der Waals surface area contributed by atoms with Gasteiger partial charge in [-0.1, -0.05) is 0 Å². The number of halogens is 1. The first kappa shape index (κ1) is 9.86. The van der Waals surface area contributed by atoms with E-state index in [1.165, 1.54) is 5.06 Å². The molecule has 5 heteroatoms. The Morgan fingerprint density at radius 1 is 1.50 bits per heavy atom. The van der Waals surface area contributed by atoms with E-state index in [0.29, 0.717) is 26.2 Å². The summed E-state index contributed by atoms with van der Waals surface area (Å²) in [4.78, 5) is 16.6. The van der Waals surface area contributed by atoms with Crippen molar-refractivity contribution in [2.45, 2.75) is 19.0 Å². The smallest absolute Gasteiger partial charge is 0.281 e. The number of alkyl halides is 1. The molecule has 0 radical (unpaired) electrons. The van der Waals surface area contributed by atoms with E-state index in [0.717, 1.165) is 12.8 Å². The largest absolute Gasteiger partial charge is 0.316 e. The van der Waals surface area contributed by atoms with Crippen LogP contribution < -0.4 is 5.32 Å². The first-order valence-electron chi connectivity index (χ1n) is 5.08. The second-order valence-electron chi connectivity index (χ2n) is 3.80. The van der Waals surface area contributed by atoms with Crippen LogP contribution in [0.15, 0.2) is 0 Å². The number of nitrogens with one attached hydrogen (secondary N) is 1. The zero-order valence-corrected chi connectivity index (χ0v) is 8.04. The van der Waals surface area contributed by atoms with Crippen LogP contribution in [-0.2, 0) is 9.63 Å². The SMILES string of the molecule is O=C(C(F)C1CNC1)N1CCCCO1. The van der Waals surface area contributed by atoms with Crippen LogP contribution in [-0.4, -0.2) is 43.4 Å². The van der Waals surface area contributed by atoms with Gasteiger partial charge in [-0.2, -0.15) is 0 Å². The Balaban J connectivity index is 1.85. The molecule has 2 rings (SSSR count). The van der Waals surface area contributed by atoms with Crippen molar-refractivity contribution in [3.63, 3.8) is 0 Å².